The monoisotopic (exact) mass is 246 g/mol. The third kappa shape index (κ3) is 3.62. The molecule has 0 unspecified atom stereocenters. The third-order valence-electron chi connectivity index (χ3n) is 3.64. The van der Waals surface area contributed by atoms with Crippen LogP contribution in [0.1, 0.15) is 68.6 Å². The third-order valence-corrected chi connectivity index (χ3v) is 3.64. The van der Waals surface area contributed by atoms with Gasteiger partial charge in [-0.25, -0.2) is 9.97 Å². The molecule has 1 heterocycles. The van der Waals surface area contributed by atoms with Crippen molar-refractivity contribution in [1.29, 1.82) is 0 Å². The largest absolute Gasteiger partial charge is 0.300 e. The first-order valence-corrected chi connectivity index (χ1v) is 6.99. The van der Waals surface area contributed by atoms with Crippen molar-refractivity contribution in [3.8, 4) is 0 Å². The fraction of sp³-hybridized carbons (Fsp3) is 0.667. The zero-order chi connectivity index (χ0) is 13.0. The lowest BCUT2D eigenvalue weighted by Gasteiger charge is -2.21. The molecule has 0 aromatic carbocycles. The standard InChI is InChI=1S/C15H22N2O/c1-11-10-14(13-6-4-3-5-7-13)17-15(16-11)9-8-12(2)18/h10,13H,3-9H2,1-2H3. The minimum absolute atomic E-state index is 0.208. The Hall–Kier alpha value is -1.25. The molecule has 3 heteroatoms. The molecule has 0 atom stereocenters. The predicted molar refractivity (Wildman–Crippen MR) is 71.6 cm³/mol. The van der Waals surface area contributed by atoms with Crippen molar-refractivity contribution >= 4 is 5.78 Å². The van der Waals surface area contributed by atoms with Crippen molar-refractivity contribution < 1.29 is 4.79 Å². The first kappa shape index (κ1) is 13.2. The molecular formula is C15H22N2O. The lowest BCUT2D eigenvalue weighted by molar-refractivity contribution is -0.117. The van der Waals surface area contributed by atoms with E-state index in [1.54, 1.807) is 6.92 Å². The Morgan fingerprint density at radius 1 is 1.28 bits per heavy atom. The van der Waals surface area contributed by atoms with Gasteiger partial charge in [0.15, 0.2) is 0 Å². The number of carbonyl (C=O) groups is 1. The van der Waals surface area contributed by atoms with E-state index in [1.807, 2.05) is 6.92 Å². The van der Waals surface area contributed by atoms with Crippen LogP contribution in [0, 0.1) is 6.92 Å². The molecule has 1 aromatic rings. The number of hydrogen-bond donors (Lipinski definition) is 0. The van der Waals surface area contributed by atoms with Crippen molar-refractivity contribution in [3.63, 3.8) is 0 Å². The Kier molecular flexibility index (Phi) is 4.45. The maximum absolute atomic E-state index is 11.0. The number of aryl methyl sites for hydroxylation is 2. The van der Waals surface area contributed by atoms with Crippen LogP contribution in [-0.4, -0.2) is 15.8 Å². The second-order valence-corrected chi connectivity index (χ2v) is 5.39. The quantitative estimate of drug-likeness (QED) is 0.818. The maximum atomic E-state index is 11.0. The summed E-state index contributed by atoms with van der Waals surface area (Å²) in [6.07, 6.45) is 7.72. The topological polar surface area (TPSA) is 42.9 Å². The SMILES string of the molecule is CC(=O)CCc1nc(C)cc(C2CCCCC2)n1. The number of carbonyl (C=O) groups excluding carboxylic acids is 1. The number of hydrogen-bond acceptors (Lipinski definition) is 3. The van der Waals surface area contributed by atoms with E-state index in [2.05, 4.69) is 16.0 Å². The molecule has 1 saturated carbocycles. The minimum Gasteiger partial charge on any atom is -0.300 e. The van der Waals surface area contributed by atoms with E-state index in [0.717, 1.165) is 11.5 Å². The van der Waals surface area contributed by atoms with E-state index in [0.29, 0.717) is 18.8 Å². The summed E-state index contributed by atoms with van der Waals surface area (Å²) in [4.78, 5) is 20.1. The summed E-state index contributed by atoms with van der Waals surface area (Å²) in [5.74, 6) is 1.65. The Morgan fingerprint density at radius 2 is 2.00 bits per heavy atom. The van der Waals surface area contributed by atoms with Crippen molar-refractivity contribution in [2.45, 2.75) is 64.7 Å². The lowest BCUT2D eigenvalue weighted by atomic mass is 9.86. The number of aromatic nitrogens is 2. The fourth-order valence-corrected chi connectivity index (χ4v) is 2.66. The van der Waals surface area contributed by atoms with Crippen LogP contribution in [0.25, 0.3) is 0 Å². The van der Waals surface area contributed by atoms with E-state index in [9.17, 15) is 4.79 Å². The summed E-state index contributed by atoms with van der Waals surface area (Å²) in [6, 6.07) is 2.12. The Labute approximate surface area is 109 Å². The highest BCUT2D eigenvalue weighted by atomic mass is 16.1. The molecule has 0 bridgehead atoms. The first-order chi connectivity index (χ1) is 8.65. The second-order valence-electron chi connectivity index (χ2n) is 5.39. The van der Waals surface area contributed by atoms with Crippen molar-refractivity contribution in [2.24, 2.45) is 0 Å². The zero-order valence-corrected chi connectivity index (χ0v) is 11.4. The molecule has 98 valence electrons. The van der Waals surface area contributed by atoms with Crippen LogP contribution in [0.3, 0.4) is 0 Å². The lowest BCUT2D eigenvalue weighted by Crippen LogP contribution is -2.10. The van der Waals surface area contributed by atoms with Crippen LogP contribution in [0.2, 0.25) is 0 Å². The highest BCUT2D eigenvalue weighted by Gasteiger charge is 2.18. The van der Waals surface area contributed by atoms with Gasteiger partial charge in [-0.1, -0.05) is 19.3 Å². The van der Waals surface area contributed by atoms with E-state index < -0.39 is 0 Å². The van der Waals surface area contributed by atoms with E-state index in [-0.39, 0.29) is 5.78 Å². The zero-order valence-electron chi connectivity index (χ0n) is 11.4. The highest BCUT2D eigenvalue weighted by molar-refractivity contribution is 5.75. The Bertz CT molecular complexity index is 423. The molecular weight excluding hydrogens is 224 g/mol. The predicted octanol–water partition coefficient (Wildman–Crippen LogP) is 3.35. The van der Waals surface area contributed by atoms with Gasteiger partial charge in [0.05, 0.1) is 0 Å². The number of rotatable bonds is 4. The normalized spacial score (nSPS) is 16.8. The van der Waals surface area contributed by atoms with Gasteiger partial charge in [-0.2, -0.15) is 0 Å². The second kappa shape index (κ2) is 6.07. The summed E-state index contributed by atoms with van der Waals surface area (Å²) in [6.45, 7) is 3.64. The first-order valence-electron chi connectivity index (χ1n) is 6.99. The smallest absolute Gasteiger partial charge is 0.130 e. The van der Waals surface area contributed by atoms with Gasteiger partial charge in [0.2, 0.25) is 0 Å². The van der Waals surface area contributed by atoms with Gasteiger partial charge in [-0.05, 0) is 32.8 Å². The fourth-order valence-electron chi connectivity index (χ4n) is 2.66. The summed E-state index contributed by atoms with van der Waals surface area (Å²) in [5, 5.41) is 0. The van der Waals surface area contributed by atoms with E-state index >= 15 is 0 Å². The Balaban J connectivity index is 2.12. The van der Waals surface area contributed by atoms with Gasteiger partial charge in [0.1, 0.15) is 11.6 Å². The van der Waals surface area contributed by atoms with Crippen LogP contribution in [0.15, 0.2) is 6.07 Å². The summed E-state index contributed by atoms with van der Waals surface area (Å²) < 4.78 is 0. The molecule has 0 amide bonds. The number of ketones is 1. The highest BCUT2D eigenvalue weighted by Crippen LogP contribution is 2.31. The molecule has 1 aromatic heterocycles. The van der Waals surface area contributed by atoms with Crippen molar-refractivity contribution in [1.82, 2.24) is 9.97 Å². The van der Waals surface area contributed by atoms with Gasteiger partial charge in [0.25, 0.3) is 0 Å². The Morgan fingerprint density at radius 3 is 2.67 bits per heavy atom. The van der Waals surface area contributed by atoms with Crippen LogP contribution < -0.4 is 0 Å². The van der Waals surface area contributed by atoms with Gasteiger partial charge >= 0.3 is 0 Å². The minimum atomic E-state index is 0.208. The van der Waals surface area contributed by atoms with Gasteiger partial charge in [0, 0.05) is 30.1 Å². The summed E-state index contributed by atoms with van der Waals surface area (Å²) in [7, 11) is 0. The number of nitrogens with zero attached hydrogens (tertiary/aromatic N) is 2. The molecule has 1 aliphatic rings. The molecule has 3 nitrogen and oxygen atoms in total. The molecule has 0 radical (unpaired) electrons. The van der Waals surface area contributed by atoms with Gasteiger partial charge in [-0.15, -0.1) is 0 Å². The van der Waals surface area contributed by atoms with Crippen molar-refractivity contribution in [2.75, 3.05) is 0 Å². The summed E-state index contributed by atoms with van der Waals surface area (Å²) in [5.41, 5.74) is 2.23. The van der Waals surface area contributed by atoms with Gasteiger partial charge < -0.3 is 4.79 Å². The van der Waals surface area contributed by atoms with Crippen molar-refractivity contribution in [3.05, 3.63) is 23.3 Å². The molecule has 0 saturated heterocycles. The average Bonchev–Trinajstić information content (AvgIpc) is 2.37. The molecule has 18 heavy (non-hydrogen) atoms. The van der Waals surface area contributed by atoms with Crippen LogP contribution in [0.4, 0.5) is 0 Å². The molecule has 0 N–H and O–H groups in total. The molecule has 0 aliphatic heterocycles. The molecule has 1 fully saturated rings. The van der Waals surface area contributed by atoms with E-state index in [4.69, 9.17) is 0 Å². The molecule has 1 aliphatic carbocycles. The van der Waals surface area contributed by atoms with Crippen LogP contribution in [-0.2, 0) is 11.2 Å². The molecule has 0 spiro atoms. The van der Waals surface area contributed by atoms with Crippen LogP contribution >= 0.6 is 0 Å². The summed E-state index contributed by atoms with van der Waals surface area (Å²) >= 11 is 0. The number of Topliss-reactive ketones (excluding diaryl/α,β-unsaturated/α-hetero) is 1. The average molecular weight is 246 g/mol. The van der Waals surface area contributed by atoms with Crippen LogP contribution in [0.5, 0.6) is 0 Å². The van der Waals surface area contributed by atoms with Gasteiger partial charge in [-0.3, -0.25) is 0 Å². The maximum Gasteiger partial charge on any atom is 0.130 e. The van der Waals surface area contributed by atoms with E-state index in [1.165, 1.54) is 37.8 Å². The molecule has 2 rings (SSSR count).